The number of benzene rings is 1. The summed E-state index contributed by atoms with van der Waals surface area (Å²) in [6, 6.07) is 6.27. The van der Waals surface area contributed by atoms with E-state index in [1.807, 2.05) is 12.1 Å². The molecule has 0 bridgehead atoms. The van der Waals surface area contributed by atoms with E-state index in [0.29, 0.717) is 18.3 Å². The molecule has 3 rings (SSSR count). The molecule has 0 atom stereocenters. The number of hydrogen-bond donors (Lipinski definition) is 2. The summed E-state index contributed by atoms with van der Waals surface area (Å²) in [6.07, 6.45) is 3.41. The van der Waals surface area contributed by atoms with Crippen LogP contribution < -0.4 is 5.73 Å². The second kappa shape index (κ2) is 3.77. The van der Waals surface area contributed by atoms with Crippen molar-refractivity contribution in [3.05, 3.63) is 29.5 Å². The van der Waals surface area contributed by atoms with Crippen LogP contribution in [-0.2, 0) is 6.42 Å². The van der Waals surface area contributed by atoms with Gasteiger partial charge in [-0.2, -0.15) is 0 Å². The van der Waals surface area contributed by atoms with Gasteiger partial charge >= 0.3 is 0 Å². The Balaban J connectivity index is 2.29. The minimum absolute atomic E-state index is 0.344. The number of fused-ring (bicyclic) bond motifs is 1. The molecule has 1 aliphatic rings. The van der Waals surface area contributed by atoms with Crippen LogP contribution in [0, 0.1) is 6.92 Å². The normalized spacial score (nSPS) is 15.6. The summed E-state index contributed by atoms with van der Waals surface area (Å²) < 4.78 is 2.39. The third-order valence-corrected chi connectivity index (χ3v) is 3.66. The fourth-order valence-corrected chi connectivity index (χ4v) is 2.71. The maximum absolute atomic E-state index is 9.65. The van der Waals surface area contributed by atoms with E-state index in [9.17, 15) is 5.11 Å². The molecule has 0 spiro atoms. The van der Waals surface area contributed by atoms with Gasteiger partial charge in [0.05, 0.1) is 5.52 Å². The average Bonchev–Trinajstić information content (AvgIpc) is 3.09. The molecule has 1 saturated carbocycles. The molecule has 90 valence electrons. The van der Waals surface area contributed by atoms with Crippen LogP contribution in [0.25, 0.3) is 10.9 Å². The molecule has 1 fully saturated rings. The summed E-state index contributed by atoms with van der Waals surface area (Å²) in [5.41, 5.74) is 9.53. The van der Waals surface area contributed by atoms with Crippen molar-refractivity contribution in [3.8, 4) is 5.75 Å². The van der Waals surface area contributed by atoms with E-state index in [-0.39, 0.29) is 0 Å². The van der Waals surface area contributed by atoms with Crippen LogP contribution in [0.3, 0.4) is 0 Å². The highest BCUT2D eigenvalue weighted by molar-refractivity contribution is 5.86. The van der Waals surface area contributed by atoms with Crippen LogP contribution >= 0.6 is 0 Å². The SMILES string of the molecule is Cc1c(CCN)n(C2CC2)c2cc(O)ccc12. The van der Waals surface area contributed by atoms with Gasteiger partial charge < -0.3 is 15.4 Å². The third-order valence-electron chi connectivity index (χ3n) is 3.66. The van der Waals surface area contributed by atoms with Crippen LogP contribution in [0.5, 0.6) is 5.75 Å². The lowest BCUT2D eigenvalue weighted by Crippen LogP contribution is -2.09. The van der Waals surface area contributed by atoms with Gasteiger partial charge in [0.1, 0.15) is 5.75 Å². The zero-order valence-electron chi connectivity index (χ0n) is 10.1. The Morgan fingerprint density at radius 2 is 2.18 bits per heavy atom. The van der Waals surface area contributed by atoms with E-state index in [1.165, 1.54) is 29.5 Å². The highest BCUT2D eigenvalue weighted by atomic mass is 16.3. The Kier molecular flexibility index (Phi) is 2.37. The van der Waals surface area contributed by atoms with Crippen molar-refractivity contribution in [1.29, 1.82) is 0 Å². The summed E-state index contributed by atoms with van der Waals surface area (Å²) in [5, 5.41) is 10.9. The predicted octanol–water partition coefficient (Wildman–Crippen LogP) is 2.49. The summed E-state index contributed by atoms with van der Waals surface area (Å²) in [4.78, 5) is 0. The molecule has 2 aromatic rings. The Morgan fingerprint density at radius 3 is 2.82 bits per heavy atom. The van der Waals surface area contributed by atoms with Gasteiger partial charge in [-0.05, 0) is 44.0 Å². The van der Waals surface area contributed by atoms with Crippen LogP contribution in [0.4, 0.5) is 0 Å². The fourth-order valence-electron chi connectivity index (χ4n) is 2.71. The largest absolute Gasteiger partial charge is 0.508 e. The number of nitrogens with two attached hydrogens (primary N) is 1. The van der Waals surface area contributed by atoms with Crippen molar-refractivity contribution < 1.29 is 5.11 Å². The van der Waals surface area contributed by atoms with Gasteiger partial charge in [-0.3, -0.25) is 0 Å². The Bertz CT molecular complexity index is 567. The van der Waals surface area contributed by atoms with Gasteiger partial charge in [-0.25, -0.2) is 0 Å². The zero-order valence-corrected chi connectivity index (χ0v) is 10.1. The Labute approximate surface area is 101 Å². The first-order valence-corrected chi connectivity index (χ1v) is 6.25. The predicted molar refractivity (Wildman–Crippen MR) is 69.4 cm³/mol. The Morgan fingerprint density at radius 1 is 1.41 bits per heavy atom. The maximum Gasteiger partial charge on any atom is 0.117 e. The zero-order chi connectivity index (χ0) is 12.0. The van der Waals surface area contributed by atoms with Crippen molar-refractivity contribution in [2.75, 3.05) is 6.54 Å². The summed E-state index contributed by atoms with van der Waals surface area (Å²) in [5.74, 6) is 0.344. The lowest BCUT2D eigenvalue weighted by molar-refractivity contribution is 0.476. The molecule has 1 aliphatic carbocycles. The van der Waals surface area contributed by atoms with Crippen molar-refractivity contribution >= 4 is 10.9 Å². The quantitative estimate of drug-likeness (QED) is 0.851. The van der Waals surface area contributed by atoms with E-state index in [4.69, 9.17) is 5.73 Å². The highest BCUT2D eigenvalue weighted by Gasteiger charge is 2.28. The number of aromatic hydroxyl groups is 1. The minimum Gasteiger partial charge on any atom is -0.508 e. The molecule has 3 nitrogen and oxygen atoms in total. The van der Waals surface area contributed by atoms with Crippen molar-refractivity contribution in [2.24, 2.45) is 5.73 Å². The average molecular weight is 230 g/mol. The monoisotopic (exact) mass is 230 g/mol. The number of phenolic OH excluding ortho intramolecular Hbond substituents is 1. The van der Waals surface area contributed by atoms with Gasteiger partial charge in [0.2, 0.25) is 0 Å². The molecule has 0 amide bonds. The van der Waals surface area contributed by atoms with Crippen molar-refractivity contribution in [3.63, 3.8) is 0 Å². The molecule has 0 aliphatic heterocycles. The maximum atomic E-state index is 9.65. The summed E-state index contributed by atoms with van der Waals surface area (Å²) in [7, 11) is 0. The third kappa shape index (κ3) is 1.62. The molecule has 1 heterocycles. The lowest BCUT2D eigenvalue weighted by atomic mass is 10.1. The highest BCUT2D eigenvalue weighted by Crippen LogP contribution is 2.41. The van der Waals surface area contributed by atoms with Crippen molar-refractivity contribution in [1.82, 2.24) is 4.57 Å². The van der Waals surface area contributed by atoms with E-state index in [2.05, 4.69) is 11.5 Å². The number of aromatic nitrogens is 1. The van der Waals surface area contributed by atoms with E-state index in [1.54, 1.807) is 6.07 Å². The molecule has 1 aromatic heterocycles. The molecule has 0 unspecified atom stereocenters. The number of hydrogen-bond acceptors (Lipinski definition) is 2. The molecule has 1 aromatic carbocycles. The van der Waals surface area contributed by atoms with Crippen LogP contribution in [0.15, 0.2) is 18.2 Å². The second-order valence-electron chi connectivity index (χ2n) is 4.91. The minimum atomic E-state index is 0.344. The van der Waals surface area contributed by atoms with Gasteiger partial charge in [-0.15, -0.1) is 0 Å². The summed E-state index contributed by atoms with van der Waals surface area (Å²) in [6.45, 7) is 2.83. The first-order chi connectivity index (χ1) is 8.22. The van der Waals surface area contributed by atoms with Crippen LogP contribution in [0.2, 0.25) is 0 Å². The first kappa shape index (κ1) is 10.7. The molecule has 0 radical (unpaired) electrons. The van der Waals surface area contributed by atoms with Crippen LogP contribution in [-0.4, -0.2) is 16.2 Å². The number of rotatable bonds is 3. The smallest absolute Gasteiger partial charge is 0.117 e. The first-order valence-electron chi connectivity index (χ1n) is 6.25. The van der Waals surface area contributed by atoms with E-state index >= 15 is 0 Å². The summed E-state index contributed by atoms with van der Waals surface area (Å²) >= 11 is 0. The molecule has 3 N–H and O–H groups in total. The molecular formula is C14H18N2O. The van der Waals surface area contributed by atoms with Gasteiger partial charge in [0.15, 0.2) is 0 Å². The molecule has 0 saturated heterocycles. The van der Waals surface area contributed by atoms with E-state index in [0.717, 1.165) is 11.9 Å². The Hall–Kier alpha value is -1.48. The lowest BCUT2D eigenvalue weighted by Gasteiger charge is -2.09. The molecule has 17 heavy (non-hydrogen) atoms. The molecular weight excluding hydrogens is 212 g/mol. The van der Waals surface area contributed by atoms with Crippen molar-refractivity contribution in [2.45, 2.75) is 32.2 Å². The van der Waals surface area contributed by atoms with Crippen LogP contribution in [0.1, 0.15) is 30.1 Å². The van der Waals surface area contributed by atoms with Gasteiger partial charge in [0.25, 0.3) is 0 Å². The standard InChI is InChI=1S/C14H18N2O/c1-9-12-5-4-11(17)8-14(12)16(10-2-3-10)13(9)6-7-15/h4-5,8,10,17H,2-3,6-7,15H2,1H3. The second-order valence-corrected chi connectivity index (χ2v) is 4.91. The molecule has 3 heteroatoms. The number of aryl methyl sites for hydroxylation is 1. The fraction of sp³-hybridized carbons (Fsp3) is 0.429. The van der Waals surface area contributed by atoms with Gasteiger partial charge in [0, 0.05) is 29.6 Å². The van der Waals surface area contributed by atoms with E-state index < -0.39 is 0 Å². The van der Waals surface area contributed by atoms with Gasteiger partial charge in [-0.1, -0.05) is 0 Å². The number of phenols is 1. The topological polar surface area (TPSA) is 51.2 Å². The number of nitrogens with zero attached hydrogens (tertiary/aromatic N) is 1.